The summed E-state index contributed by atoms with van der Waals surface area (Å²) in [5, 5.41) is 10.4. The maximum atomic E-state index is 10.4. The first-order valence-corrected chi connectivity index (χ1v) is 12.7. The molecule has 2 spiro atoms. The second-order valence-corrected chi connectivity index (χ2v) is 12.3. The third-order valence-corrected chi connectivity index (χ3v) is 10.5. The van der Waals surface area contributed by atoms with Gasteiger partial charge >= 0.3 is 0 Å². The number of hydrogen-bond donors (Lipinski definition) is 1. The highest BCUT2D eigenvalue weighted by Crippen LogP contribution is 2.71. The van der Waals surface area contributed by atoms with Crippen molar-refractivity contribution in [3.05, 3.63) is 36.0 Å². The number of hydrogen-bond acceptors (Lipinski definition) is 3. The molecule has 0 amide bonds. The molecule has 3 nitrogen and oxygen atoms in total. The number of aliphatic hydroxyl groups is 1. The van der Waals surface area contributed by atoms with Crippen LogP contribution < -0.4 is 0 Å². The summed E-state index contributed by atoms with van der Waals surface area (Å²) in [4.78, 5) is 12.7. The largest absolute Gasteiger partial charge is 0.393 e. The Morgan fingerprint density at radius 1 is 1.16 bits per heavy atom. The van der Waals surface area contributed by atoms with Crippen LogP contribution in [0, 0.1) is 34.5 Å². The van der Waals surface area contributed by atoms with Gasteiger partial charge in [0.25, 0.3) is 0 Å². The highest BCUT2D eigenvalue weighted by atomic mass is 17.2. The lowest BCUT2D eigenvalue weighted by molar-refractivity contribution is -0.455. The van der Waals surface area contributed by atoms with E-state index >= 15 is 0 Å². The first-order chi connectivity index (χ1) is 14.6. The molecule has 6 aliphatic rings. The smallest absolute Gasteiger partial charge is 0.147 e. The molecule has 0 aromatic carbocycles. The molecule has 172 valence electrons. The standard InChI is InChI=1S/C28H42O3/c1-18(2)19(3)7-8-20(4)22-9-10-23-25(22,5)13-12-24-26(6)14-11-21(29)17-27(26)15-16-28(23,24)31-30-27/h12,15-16,18,20-23,29H,3,7-11,13-14,17H2,1-2,4-6H3/t20-,21?,22?,23?,25-,26-,27-,28+/m1/s1. The van der Waals surface area contributed by atoms with Crippen molar-refractivity contribution >= 4 is 0 Å². The van der Waals surface area contributed by atoms with E-state index in [9.17, 15) is 5.11 Å². The normalized spacial score (nSPS) is 48.7. The number of fused-ring (bicyclic) bond motifs is 2. The van der Waals surface area contributed by atoms with Crippen molar-refractivity contribution in [3.63, 3.8) is 0 Å². The summed E-state index contributed by atoms with van der Waals surface area (Å²) in [7, 11) is 0. The molecule has 3 heteroatoms. The molecule has 2 heterocycles. The van der Waals surface area contributed by atoms with Crippen LogP contribution in [0.1, 0.15) is 86.0 Å². The molecule has 0 aromatic rings. The van der Waals surface area contributed by atoms with Crippen LogP contribution in [0.4, 0.5) is 0 Å². The molecule has 8 atom stereocenters. The predicted octanol–water partition coefficient (Wildman–Crippen LogP) is 6.54. The minimum atomic E-state index is -0.505. The quantitative estimate of drug-likeness (QED) is 0.401. The monoisotopic (exact) mass is 426 g/mol. The Labute approximate surface area is 188 Å². The molecule has 2 saturated carbocycles. The van der Waals surface area contributed by atoms with Gasteiger partial charge in [0, 0.05) is 17.8 Å². The van der Waals surface area contributed by atoms with Crippen LogP contribution in [0.2, 0.25) is 0 Å². The molecular formula is C28H42O3. The third kappa shape index (κ3) is 2.82. The molecule has 2 aliphatic heterocycles. The summed E-state index contributed by atoms with van der Waals surface area (Å²) in [5.74, 6) is 2.43. The van der Waals surface area contributed by atoms with E-state index < -0.39 is 11.2 Å². The number of aliphatic hydroxyl groups excluding tert-OH is 1. The van der Waals surface area contributed by atoms with Gasteiger partial charge in [-0.3, -0.25) is 0 Å². The fourth-order valence-electron chi connectivity index (χ4n) is 8.28. The van der Waals surface area contributed by atoms with Crippen LogP contribution in [-0.2, 0) is 9.78 Å². The van der Waals surface area contributed by atoms with Crippen LogP contribution in [0.3, 0.4) is 0 Å². The van der Waals surface area contributed by atoms with Crippen molar-refractivity contribution in [2.45, 2.75) is 103 Å². The molecule has 4 aliphatic carbocycles. The Bertz CT molecular complexity index is 826. The lowest BCUT2D eigenvalue weighted by Crippen LogP contribution is -2.69. The SMILES string of the molecule is C=C(CC[C@@H](C)C1CCC2[C@]1(C)CC=C1[C@]23C=C[C@]2(CC(O)CC[C@]12C)OO3)C(C)C. The first-order valence-electron chi connectivity index (χ1n) is 12.7. The fraction of sp³-hybridized carbons (Fsp3) is 0.786. The van der Waals surface area contributed by atoms with Crippen LogP contribution in [0.15, 0.2) is 36.0 Å². The second kappa shape index (κ2) is 7.05. The molecule has 6 rings (SSSR count). The van der Waals surface area contributed by atoms with E-state index in [0.29, 0.717) is 30.1 Å². The van der Waals surface area contributed by atoms with Crippen LogP contribution >= 0.6 is 0 Å². The summed E-state index contributed by atoms with van der Waals surface area (Å²) in [5.41, 5.74) is 2.08. The Kier molecular flexibility index (Phi) is 4.98. The molecular weight excluding hydrogens is 384 g/mol. The minimum Gasteiger partial charge on any atom is -0.393 e. The predicted molar refractivity (Wildman–Crippen MR) is 124 cm³/mol. The van der Waals surface area contributed by atoms with Gasteiger partial charge in [-0.25, -0.2) is 9.78 Å². The van der Waals surface area contributed by atoms with Gasteiger partial charge in [-0.05, 0) is 85.8 Å². The summed E-state index contributed by atoms with van der Waals surface area (Å²) < 4.78 is 0. The van der Waals surface area contributed by atoms with Crippen molar-refractivity contribution in [3.8, 4) is 0 Å². The van der Waals surface area contributed by atoms with Gasteiger partial charge < -0.3 is 5.11 Å². The first kappa shape index (κ1) is 21.9. The molecule has 31 heavy (non-hydrogen) atoms. The number of allylic oxidation sites excluding steroid dienone is 2. The molecule has 0 aromatic heterocycles. The van der Waals surface area contributed by atoms with Gasteiger partial charge in [0.05, 0.1) is 6.10 Å². The van der Waals surface area contributed by atoms with Gasteiger partial charge in [-0.1, -0.05) is 52.8 Å². The minimum absolute atomic E-state index is 0.0702. The Morgan fingerprint density at radius 3 is 2.61 bits per heavy atom. The topological polar surface area (TPSA) is 38.7 Å². The maximum absolute atomic E-state index is 10.4. The van der Waals surface area contributed by atoms with Gasteiger partial charge in [0.15, 0.2) is 0 Å². The molecule has 1 N–H and O–H groups in total. The van der Waals surface area contributed by atoms with Crippen molar-refractivity contribution in [1.29, 1.82) is 0 Å². The van der Waals surface area contributed by atoms with Crippen LogP contribution in [-0.4, -0.2) is 22.4 Å². The average Bonchev–Trinajstić information content (AvgIpc) is 3.09. The summed E-state index contributed by atoms with van der Waals surface area (Å²) in [6.45, 7) is 16.2. The maximum Gasteiger partial charge on any atom is 0.147 e. The highest BCUT2D eigenvalue weighted by molar-refractivity contribution is 5.48. The summed E-state index contributed by atoms with van der Waals surface area (Å²) in [6, 6.07) is 0. The Morgan fingerprint density at radius 2 is 1.94 bits per heavy atom. The zero-order valence-electron chi connectivity index (χ0n) is 20.2. The Hall–Kier alpha value is -0.900. The molecule has 3 unspecified atom stereocenters. The van der Waals surface area contributed by atoms with E-state index in [-0.39, 0.29) is 16.9 Å². The average molecular weight is 427 g/mol. The van der Waals surface area contributed by atoms with Crippen molar-refractivity contribution in [2.24, 2.45) is 34.5 Å². The van der Waals surface area contributed by atoms with E-state index in [2.05, 4.69) is 59.4 Å². The molecule has 0 radical (unpaired) electrons. The van der Waals surface area contributed by atoms with Crippen molar-refractivity contribution < 1.29 is 14.9 Å². The van der Waals surface area contributed by atoms with Gasteiger partial charge in [-0.2, -0.15) is 0 Å². The third-order valence-electron chi connectivity index (χ3n) is 10.5. The Balaban J connectivity index is 1.45. The summed E-state index contributed by atoms with van der Waals surface area (Å²) >= 11 is 0. The summed E-state index contributed by atoms with van der Waals surface area (Å²) in [6.07, 6.45) is 15.3. The van der Waals surface area contributed by atoms with Crippen LogP contribution in [0.5, 0.6) is 0 Å². The fourth-order valence-corrected chi connectivity index (χ4v) is 8.28. The molecule has 2 bridgehead atoms. The van der Waals surface area contributed by atoms with Crippen molar-refractivity contribution in [2.75, 3.05) is 0 Å². The molecule has 3 fully saturated rings. The van der Waals surface area contributed by atoms with E-state index in [0.717, 1.165) is 25.7 Å². The van der Waals surface area contributed by atoms with E-state index in [1.54, 1.807) is 0 Å². The van der Waals surface area contributed by atoms with Gasteiger partial charge in [0.1, 0.15) is 11.2 Å². The zero-order valence-corrected chi connectivity index (χ0v) is 20.2. The van der Waals surface area contributed by atoms with Crippen LogP contribution in [0.25, 0.3) is 0 Å². The van der Waals surface area contributed by atoms with Gasteiger partial charge in [0.2, 0.25) is 0 Å². The zero-order chi connectivity index (χ0) is 22.2. The van der Waals surface area contributed by atoms with E-state index in [1.807, 2.05) is 0 Å². The lowest BCUT2D eigenvalue weighted by atomic mass is 9.46. The highest BCUT2D eigenvalue weighted by Gasteiger charge is 2.71. The van der Waals surface area contributed by atoms with E-state index in [4.69, 9.17) is 9.78 Å². The number of rotatable bonds is 5. The molecule has 1 saturated heterocycles. The van der Waals surface area contributed by atoms with Crippen molar-refractivity contribution in [1.82, 2.24) is 0 Å². The second-order valence-electron chi connectivity index (χ2n) is 12.3. The van der Waals surface area contributed by atoms with Gasteiger partial charge in [-0.15, -0.1) is 0 Å². The van der Waals surface area contributed by atoms with E-state index in [1.165, 1.54) is 30.4 Å². The lowest BCUT2D eigenvalue weighted by Gasteiger charge is -2.66.